The Morgan fingerprint density at radius 1 is 1.67 bits per heavy atom. The lowest BCUT2D eigenvalue weighted by Crippen LogP contribution is -2.03. The van der Waals surface area contributed by atoms with Gasteiger partial charge in [-0.05, 0) is 25.6 Å². The SMILES string of the molecule is CCCCC(C)n1cc[nH]c1=S. The van der Waals surface area contributed by atoms with Crippen molar-refractivity contribution in [3.8, 4) is 0 Å². The molecule has 0 bridgehead atoms. The van der Waals surface area contributed by atoms with Crippen molar-refractivity contribution in [1.29, 1.82) is 0 Å². The van der Waals surface area contributed by atoms with E-state index < -0.39 is 0 Å². The molecule has 1 atom stereocenters. The van der Waals surface area contributed by atoms with Crippen LogP contribution in [0.2, 0.25) is 0 Å². The first-order valence-corrected chi connectivity index (χ1v) is 4.92. The first-order valence-electron chi connectivity index (χ1n) is 4.51. The molecule has 1 aromatic rings. The Kier molecular flexibility index (Phi) is 3.53. The largest absolute Gasteiger partial charge is 0.337 e. The van der Waals surface area contributed by atoms with E-state index in [0.29, 0.717) is 6.04 Å². The molecule has 3 heteroatoms. The Bertz CT molecular complexity index is 274. The zero-order valence-corrected chi connectivity index (χ0v) is 8.53. The van der Waals surface area contributed by atoms with Gasteiger partial charge in [-0.1, -0.05) is 19.8 Å². The van der Waals surface area contributed by atoms with E-state index in [-0.39, 0.29) is 0 Å². The number of unbranched alkanes of at least 4 members (excludes halogenated alkanes) is 1. The van der Waals surface area contributed by atoms with Gasteiger partial charge in [0.1, 0.15) is 0 Å². The molecule has 1 heterocycles. The van der Waals surface area contributed by atoms with Crippen molar-refractivity contribution in [1.82, 2.24) is 9.55 Å². The van der Waals surface area contributed by atoms with Crippen LogP contribution < -0.4 is 0 Å². The van der Waals surface area contributed by atoms with Gasteiger partial charge in [-0.25, -0.2) is 0 Å². The Hall–Kier alpha value is -0.570. The van der Waals surface area contributed by atoms with Crippen LogP contribution in [0, 0.1) is 4.77 Å². The molecule has 0 aliphatic carbocycles. The Balaban J connectivity index is 2.59. The van der Waals surface area contributed by atoms with Gasteiger partial charge in [-0.2, -0.15) is 0 Å². The molecule has 2 nitrogen and oxygen atoms in total. The van der Waals surface area contributed by atoms with Gasteiger partial charge in [0.2, 0.25) is 0 Å². The van der Waals surface area contributed by atoms with Crippen molar-refractivity contribution >= 4 is 12.2 Å². The highest BCUT2D eigenvalue weighted by molar-refractivity contribution is 7.71. The molecule has 0 saturated heterocycles. The highest BCUT2D eigenvalue weighted by Crippen LogP contribution is 2.13. The summed E-state index contributed by atoms with van der Waals surface area (Å²) in [5.41, 5.74) is 0. The molecule has 0 aliphatic heterocycles. The lowest BCUT2D eigenvalue weighted by molar-refractivity contribution is 0.481. The number of nitrogens with zero attached hydrogens (tertiary/aromatic N) is 1. The first-order chi connectivity index (χ1) is 5.75. The summed E-state index contributed by atoms with van der Waals surface area (Å²) < 4.78 is 2.95. The molecular formula is C9H16N2S. The smallest absolute Gasteiger partial charge is 0.177 e. The van der Waals surface area contributed by atoms with E-state index in [0.717, 1.165) is 4.77 Å². The van der Waals surface area contributed by atoms with E-state index >= 15 is 0 Å². The van der Waals surface area contributed by atoms with Crippen molar-refractivity contribution in [3.63, 3.8) is 0 Å². The van der Waals surface area contributed by atoms with E-state index in [1.54, 1.807) is 0 Å². The average molecular weight is 184 g/mol. The molecule has 1 aromatic heterocycles. The molecule has 0 saturated carbocycles. The van der Waals surface area contributed by atoms with Gasteiger partial charge < -0.3 is 9.55 Å². The number of H-pyrrole nitrogens is 1. The zero-order chi connectivity index (χ0) is 8.97. The molecule has 0 fully saturated rings. The van der Waals surface area contributed by atoms with Crippen LogP contribution in [-0.4, -0.2) is 9.55 Å². The van der Waals surface area contributed by atoms with Crippen LogP contribution in [-0.2, 0) is 0 Å². The lowest BCUT2D eigenvalue weighted by atomic mass is 10.1. The minimum absolute atomic E-state index is 0.531. The molecule has 1 rings (SSSR count). The van der Waals surface area contributed by atoms with Gasteiger partial charge in [0.25, 0.3) is 0 Å². The fraction of sp³-hybridized carbons (Fsp3) is 0.667. The van der Waals surface area contributed by atoms with E-state index in [9.17, 15) is 0 Å². The van der Waals surface area contributed by atoms with Gasteiger partial charge in [0.05, 0.1) is 0 Å². The molecule has 12 heavy (non-hydrogen) atoms. The van der Waals surface area contributed by atoms with Crippen LogP contribution in [0.3, 0.4) is 0 Å². The van der Waals surface area contributed by atoms with Gasteiger partial charge in [0, 0.05) is 18.4 Å². The Morgan fingerprint density at radius 2 is 2.42 bits per heavy atom. The second-order valence-corrected chi connectivity index (χ2v) is 3.55. The first kappa shape index (κ1) is 9.52. The quantitative estimate of drug-likeness (QED) is 0.712. The maximum absolute atomic E-state index is 5.12. The van der Waals surface area contributed by atoms with Gasteiger partial charge in [-0.3, -0.25) is 0 Å². The Labute approximate surface area is 78.6 Å². The van der Waals surface area contributed by atoms with E-state index in [2.05, 4.69) is 23.4 Å². The molecule has 0 spiro atoms. The topological polar surface area (TPSA) is 20.7 Å². The Morgan fingerprint density at radius 3 is 2.92 bits per heavy atom. The summed E-state index contributed by atoms with van der Waals surface area (Å²) in [5, 5.41) is 0. The normalized spacial score (nSPS) is 13.2. The van der Waals surface area contributed by atoms with Crippen LogP contribution in [0.25, 0.3) is 0 Å². The molecule has 1 unspecified atom stereocenters. The third-order valence-corrected chi connectivity index (χ3v) is 2.46. The summed E-state index contributed by atoms with van der Waals surface area (Å²) >= 11 is 5.12. The molecular weight excluding hydrogens is 168 g/mol. The average Bonchev–Trinajstić information content (AvgIpc) is 2.47. The highest BCUT2D eigenvalue weighted by Gasteiger charge is 2.03. The second kappa shape index (κ2) is 4.45. The molecule has 0 amide bonds. The zero-order valence-electron chi connectivity index (χ0n) is 7.71. The van der Waals surface area contributed by atoms with Gasteiger partial charge in [0.15, 0.2) is 4.77 Å². The van der Waals surface area contributed by atoms with Gasteiger partial charge in [-0.15, -0.1) is 0 Å². The van der Waals surface area contributed by atoms with E-state index in [1.165, 1.54) is 19.3 Å². The molecule has 0 radical (unpaired) electrons. The summed E-state index contributed by atoms with van der Waals surface area (Å²) in [5.74, 6) is 0. The third kappa shape index (κ3) is 2.21. The standard InChI is InChI=1S/C9H16N2S/c1-3-4-5-8(2)11-7-6-10-9(11)12/h6-8H,3-5H2,1-2H3,(H,10,12). The van der Waals surface area contributed by atoms with Crippen LogP contribution in [0.5, 0.6) is 0 Å². The third-order valence-electron chi connectivity index (χ3n) is 2.13. The number of nitrogens with one attached hydrogen (secondary N) is 1. The van der Waals surface area contributed by atoms with Crippen molar-refractivity contribution in [2.24, 2.45) is 0 Å². The lowest BCUT2D eigenvalue weighted by Gasteiger charge is -2.11. The number of hydrogen-bond donors (Lipinski definition) is 1. The fourth-order valence-corrected chi connectivity index (χ4v) is 1.63. The summed E-state index contributed by atoms with van der Waals surface area (Å²) in [6.45, 7) is 4.42. The van der Waals surface area contributed by atoms with Crippen molar-refractivity contribution in [3.05, 3.63) is 17.2 Å². The summed E-state index contributed by atoms with van der Waals surface area (Å²) in [4.78, 5) is 3.00. The number of imidazole rings is 1. The second-order valence-electron chi connectivity index (χ2n) is 3.16. The van der Waals surface area contributed by atoms with E-state index in [4.69, 9.17) is 12.2 Å². The monoisotopic (exact) mass is 184 g/mol. The molecule has 68 valence electrons. The van der Waals surface area contributed by atoms with Crippen LogP contribution in [0.15, 0.2) is 12.4 Å². The summed E-state index contributed by atoms with van der Waals surface area (Å²) in [7, 11) is 0. The van der Waals surface area contributed by atoms with E-state index in [1.807, 2.05) is 12.4 Å². The number of rotatable bonds is 4. The number of aromatic nitrogens is 2. The fourth-order valence-electron chi connectivity index (χ4n) is 1.32. The van der Waals surface area contributed by atoms with Crippen LogP contribution >= 0.6 is 12.2 Å². The van der Waals surface area contributed by atoms with Gasteiger partial charge >= 0.3 is 0 Å². The molecule has 1 N–H and O–H groups in total. The predicted molar refractivity (Wildman–Crippen MR) is 53.9 cm³/mol. The van der Waals surface area contributed by atoms with Crippen molar-refractivity contribution < 1.29 is 0 Å². The molecule has 0 aliphatic rings. The number of aromatic amines is 1. The van der Waals surface area contributed by atoms with Crippen LogP contribution in [0.4, 0.5) is 0 Å². The maximum atomic E-state index is 5.12. The predicted octanol–water partition coefficient (Wildman–Crippen LogP) is 3.30. The maximum Gasteiger partial charge on any atom is 0.177 e. The minimum Gasteiger partial charge on any atom is -0.337 e. The number of hydrogen-bond acceptors (Lipinski definition) is 1. The van der Waals surface area contributed by atoms with Crippen molar-refractivity contribution in [2.75, 3.05) is 0 Å². The minimum atomic E-state index is 0.531. The van der Waals surface area contributed by atoms with Crippen molar-refractivity contribution in [2.45, 2.75) is 39.2 Å². The summed E-state index contributed by atoms with van der Waals surface area (Å²) in [6, 6.07) is 0.531. The molecule has 0 aromatic carbocycles. The van der Waals surface area contributed by atoms with Crippen LogP contribution in [0.1, 0.15) is 39.2 Å². The highest BCUT2D eigenvalue weighted by atomic mass is 32.1. The summed E-state index contributed by atoms with van der Waals surface area (Å²) in [6.07, 6.45) is 7.65.